The van der Waals surface area contributed by atoms with Crippen molar-refractivity contribution in [1.29, 1.82) is 0 Å². The van der Waals surface area contributed by atoms with Crippen molar-refractivity contribution in [1.82, 2.24) is 0 Å². The predicted molar refractivity (Wildman–Crippen MR) is 605 cm³/mol. The van der Waals surface area contributed by atoms with Crippen LogP contribution in [-0.2, 0) is 16.2 Å². The molecular formula is C137H100Cl3N3. The molecule has 6 heteroatoms. The normalized spacial score (nSPS) is 12.6. The van der Waals surface area contributed by atoms with Crippen molar-refractivity contribution in [3.05, 3.63) is 640 Å². The first-order valence-corrected chi connectivity index (χ1v) is 49.2. The summed E-state index contributed by atoms with van der Waals surface area (Å²) in [5.41, 5.74) is 43.5. The number of hydrogen-bond donors (Lipinski definition) is 0. The van der Waals surface area contributed by atoms with Gasteiger partial charge in [-0.05, 0) is 266 Å². The first kappa shape index (κ1) is 91.2. The molecular weight excluding hydrogens is 1790 g/mol. The Balaban J connectivity index is 0.000000122. The van der Waals surface area contributed by atoms with E-state index in [9.17, 15) is 0 Å². The van der Waals surface area contributed by atoms with Gasteiger partial charge in [0.2, 0.25) is 0 Å². The molecule has 0 bridgehead atoms. The molecule has 0 fully saturated rings. The Morgan fingerprint density at radius 3 is 0.720 bits per heavy atom. The van der Waals surface area contributed by atoms with Crippen LogP contribution in [0.3, 0.4) is 0 Å². The van der Waals surface area contributed by atoms with Gasteiger partial charge in [-0.25, -0.2) is 0 Å². The Morgan fingerprint density at radius 2 is 0.357 bits per heavy atom. The van der Waals surface area contributed by atoms with Crippen LogP contribution in [0.4, 0.5) is 51.2 Å². The van der Waals surface area contributed by atoms with Crippen LogP contribution >= 0.6 is 34.8 Å². The van der Waals surface area contributed by atoms with Crippen molar-refractivity contribution >= 4 is 86.0 Å². The second kappa shape index (κ2) is 39.1. The number of para-hydroxylation sites is 2. The fourth-order valence-corrected chi connectivity index (χ4v) is 23.3. The van der Waals surface area contributed by atoms with E-state index in [0.29, 0.717) is 15.1 Å². The Bertz CT molecular complexity index is 8240. The van der Waals surface area contributed by atoms with Gasteiger partial charge in [-0.15, -0.1) is 0 Å². The Hall–Kier alpha value is -16.9. The van der Waals surface area contributed by atoms with Crippen molar-refractivity contribution in [3.8, 4) is 89.0 Å². The lowest BCUT2D eigenvalue weighted by Crippen LogP contribution is -2.28. The summed E-state index contributed by atoms with van der Waals surface area (Å²) >= 11 is 19.7. The highest BCUT2D eigenvalue weighted by Gasteiger charge is 2.53. The van der Waals surface area contributed by atoms with Crippen LogP contribution in [0.2, 0.25) is 15.1 Å². The van der Waals surface area contributed by atoms with E-state index in [1.54, 1.807) is 0 Å². The summed E-state index contributed by atoms with van der Waals surface area (Å²) in [6, 6.07) is 200. The van der Waals surface area contributed by atoms with Crippen LogP contribution in [-0.4, -0.2) is 0 Å². The first-order chi connectivity index (χ1) is 69.7. The van der Waals surface area contributed by atoms with Gasteiger partial charge in [0, 0.05) is 66.0 Å². The minimum atomic E-state index is -0.448. The Kier molecular flexibility index (Phi) is 24.9. The monoisotopic (exact) mass is 1890 g/mol. The zero-order valence-corrected chi connectivity index (χ0v) is 79.4. The molecule has 0 saturated carbocycles. The van der Waals surface area contributed by atoms with Crippen LogP contribution in [0.15, 0.2) is 558 Å². The van der Waals surface area contributed by atoms with Gasteiger partial charge in [-0.1, -0.05) is 486 Å². The SMILES string of the molecule is C.C.Clc1ccc(N(c2ccc3c(c2)-c2ccccc2C3(c2ccccc2)c2ccccc2)c2ccccc2-c2ccc(-c3ccccc3)cc2)cc1.Clc1cccc(N(c2ccc(-c3ccccc3)cc2)c2ccc3c(c2)-c2ccccc2C32c3ccccc3-c3ccccc32)c1.Clc1cccc(N(c2ccc3c(c2)-c2ccccc2C3(c2ccccc2)c2ccccc2)c2ccccc2-c2ccccc2)c1. The molecule has 26 rings (SSSR count). The van der Waals surface area contributed by atoms with Gasteiger partial charge >= 0.3 is 0 Å². The molecule has 0 unspecified atom stereocenters. The van der Waals surface area contributed by atoms with Crippen molar-refractivity contribution in [3.63, 3.8) is 0 Å². The second-order valence-corrected chi connectivity index (χ2v) is 37.6. The van der Waals surface area contributed by atoms with E-state index in [0.717, 1.165) is 67.9 Å². The number of fused-ring (bicyclic) bond motifs is 16. The zero-order valence-electron chi connectivity index (χ0n) is 77.1. The van der Waals surface area contributed by atoms with E-state index in [1.165, 1.54) is 139 Å². The zero-order chi connectivity index (χ0) is 94.4. The number of halogens is 3. The van der Waals surface area contributed by atoms with Gasteiger partial charge in [-0.3, -0.25) is 0 Å². The predicted octanol–water partition coefficient (Wildman–Crippen LogP) is 38.4. The van der Waals surface area contributed by atoms with E-state index in [-0.39, 0.29) is 20.3 Å². The highest BCUT2D eigenvalue weighted by molar-refractivity contribution is 6.31. The summed E-state index contributed by atoms with van der Waals surface area (Å²) in [5.74, 6) is 0. The van der Waals surface area contributed by atoms with Gasteiger partial charge in [0.1, 0.15) is 0 Å². The fraction of sp³-hybridized carbons (Fsp3) is 0.0365. The summed E-state index contributed by atoms with van der Waals surface area (Å²) in [5, 5.41) is 2.12. The van der Waals surface area contributed by atoms with Crippen LogP contribution in [0.25, 0.3) is 89.0 Å². The van der Waals surface area contributed by atoms with Crippen LogP contribution in [0.5, 0.6) is 0 Å². The van der Waals surface area contributed by atoms with Gasteiger partial charge in [0.25, 0.3) is 0 Å². The lowest BCUT2D eigenvalue weighted by atomic mass is 9.68. The lowest BCUT2D eigenvalue weighted by Gasteiger charge is -2.34. The van der Waals surface area contributed by atoms with Crippen molar-refractivity contribution < 1.29 is 0 Å². The number of rotatable bonds is 17. The summed E-state index contributed by atoms with van der Waals surface area (Å²) in [7, 11) is 0. The third kappa shape index (κ3) is 15.9. The van der Waals surface area contributed by atoms with Gasteiger partial charge in [-0.2, -0.15) is 0 Å². The molecule has 143 heavy (non-hydrogen) atoms. The minimum absolute atomic E-state index is 0. The molecule has 0 N–H and O–H groups in total. The molecule has 0 aliphatic heterocycles. The van der Waals surface area contributed by atoms with E-state index in [2.05, 4.69) is 524 Å². The Morgan fingerprint density at radius 1 is 0.133 bits per heavy atom. The van der Waals surface area contributed by atoms with E-state index in [1.807, 2.05) is 48.5 Å². The largest absolute Gasteiger partial charge is 0.310 e. The number of hydrogen-bond acceptors (Lipinski definition) is 3. The molecule has 22 aromatic carbocycles. The molecule has 4 aliphatic carbocycles. The third-order valence-corrected chi connectivity index (χ3v) is 29.5. The van der Waals surface area contributed by atoms with Crippen molar-refractivity contribution in [2.24, 2.45) is 0 Å². The maximum Gasteiger partial charge on any atom is 0.0725 e. The maximum absolute atomic E-state index is 6.63. The van der Waals surface area contributed by atoms with Crippen molar-refractivity contribution in [2.75, 3.05) is 14.7 Å². The van der Waals surface area contributed by atoms with E-state index < -0.39 is 10.8 Å². The topological polar surface area (TPSA) is 9.72 Å². The summed E-state index contributed by atoms with van der Waals surface area (Å²) in [6.45, 7) is 0. The van der Waals surface area contributed by atoms with Crippen LogP contribution in [0.1, 0.15) is 81.6 Å². The van der Waals surface area contributed by atoms with E-state index >= 15 is 0 Å². The van der Waals surface area contributed by atoms with Crippen LogP contribution in [0, 0.1) is 0 Å². The quantitative estimate of drug-likeness (QED) is 0.0900. The first-order valence-electron chi connectivity index (χ1n) is 48.1. The van der Waals surface area contributed by atoms with E-state index in [4.69, 9.17) is 34.8 Å². The Labute approximate surface area is 854 Å². The summed E-state index contributed by atoms with van der Waals surface area (Å²) < 4.78 is 0. The number of benzene rings is 22. The minimum Gasteiger partial charge on any atom is -0.310 e. The highest BCUT2D eigenvalue weighted by Crippen LogP contribution is 2.65. The van der Waals surface area contributed by atoms with Gasteiger partial charge in [0.15, 0.2) is 0 Å². The number of nitrogens with zero attached hydrogens (tertiary/aromatic N) is 3. The maximum atomic E-state index is 6.63. The molecule has 0 atom stereocenters. The molecule has 4 aliphatic rings. The summed E-state index contributed by atoms with van der Waals surface area (Å²) in [4.78, 5) is 7.01. The van der Waals surface area contributed by atoms with Gasteiger partial charge in [0.05, 0.1) is 27.6 Å². The highest BCUT2D eigenvalue weighted by atomic mass is 35.5. The second-order valence-electron chi connectivity index (χ2n) is 36.3. The molecule has 684 valence electrons. The average Bonchev–Trinajstić information content (AvgIpc) is 1.51. The molecule has 0 aromatic heterocycles. The third-order valence-electron chi connectivity index (χ3n) is 28.8. The fourth-order valence-electron chi connectivity index (χ4n) is 22.9. The smallest absolute Gasteiger partial charge is 0.0725 e. The molecule has 1 spiro atoms. The molecule has 22 aromatic rings. The molecule has 0 radical (unpaired) electrons. The molecule has 0 heterocycles. The number of anilines is 9. The average molecular weight is 1890 g/mol. The van der Waals surface area contributed by atoms with Crippen LogP contribution < -0.4 is 14.7 Å². The molecule has 3 nitrogen and oxygen atoms in total. The molecule has 0 saturated heterocycles. The summed E-state index contributed by atoms with van der Waals surface area (Å²) in [6.07, 6.45) is 0. The van der Waals surface area contributed by atoms with Crippen molar-refractivity contribution in [2.45, 2.75) is 31.1 Å². The van der Waals surface area contributed by atoms with Gasteiger partial charge < -0.3 is 14.7 Å². The standard InChI is InChI=1S/C49H34ClN.C43H28ClN.C43H30ClN.2CH4/c50-40-28-30-41(31-29-40)51(48-23-13-11-20-43(48)37-26-24-36(25-27-37)35-14-4-1-5-15-35)42-32-33-47-45(34-42)44-21-10-12-22-46(44)49(47,38-16-6-2-7-17-38)39-18-8-3-9-19-39;44-31-13-10-14-33(27-31)45(32-23-21-30(22-24-32)29-11-2-1-3-12-29)34-25-26-42-38(28-34)37-17-6-9-20-41(37)43(42)39-18-7-4-15-35(39)36-16-5-8-19-40(36)43;44-34-21-14-22-35(29-34)45(42-26-13-11-23-37(42)31-15-4-1-5-16-31)36-27-28-41-39(30-36)38-24-10-12-25-40(38)43(41,32-17-6-2-7-18-32)33-19-8-3-9-20-33;;/h1-34H;1-28H;1-30H;2*1H4. The lowest BCUT2D eigenvalue weighted by molar-refractivity contribution is 0.768. The molecule has 0 amide bonds.